The number of nitrogens with one attached hydrogen (secondary N) is 1. The summed E-state index contributed by atoms with van der Waals surface area (Å²) in [6, 6.07) is 10.6. The zero-order valence-electron chi connectivity index (χ0n) is 11.9. The number of halogens is 4. The minimum Gasteiger partial charge on any atom is -0.492 e. The van der Waals surface area contributed by atoms with Gasteiger partial charge in [0.1, 0.15) is 5.75 Å². The number of benzene rings is 2. The lowest BCUT2D eigenvalue weighted by Crippen LogP contribution is -2.12. The zero-order chi connectivity index (χ0) is 16.8. The fourth-order valence-corrected chi connectivity index (χ4v) is 2.89. The van der Waals surface area contributed by atoms with Gasteiger partial charge in [0.25, 0.3) is 0 Å². The summed E-state index contributed by atoms with van der Waals surface area (Å²) in [7, 11) is 0. The van der Waals surface area contributed by atoms with Crippen molar-refractivity contribution in [3.05, 3.63) is 55.4 Å². The fraction of sp³-hybridized carbons (Fsp3) is 0.188. The Balaban J connectivity index is 1.75. The Hall–Kier alpha value is -0.750. The van der Waals surface area contributed by atoms with E-state index in [2.05, 4.69) is 37.2 Å². The van der Waals surface area contributed by atoms with Crippen LogP contribution in [0.15, 0.2) is 45.3 Å². The van der Waals surface area contributed by atoms with E-state index in [4.69, 9.17) is 27.9 Å². The molecular weight excluding hydrogens is 469 g/mol. The molecule has 0 spiro atoms. The van der Waals surface area contributed by atoms with E-state index in [9.17, 15) is 4.79 Å². The van der Waals surface area contributed by atoms with Gasteiger partial charge in [0.2, 0.25) is 5.91 Å². The first-order valence-electron chi connectivity index (χ1n) is 6.78. The number of carbonyl (C=O) groups excluding carboxylic acids is 1. The number of hydrogen-bond acceptors (Lipinski definition) is 2. The van der Waals surface area contributed by atoms with Gasteiger partial charge in [0, 0.05) is 26.1 Å². The molecule has 0 bridgehead atoms. The third kappa shape index (κ3) is 5.99. The maximum Gasteiger partial charge on any atom is 0.224 e. The largest absolute Gasteiger partial charge is 0.492 e. The first-order valence-corrected chi connectivity index (χ1v) is 9.12. The van der Waals surface area contributed by atoms with Gasteiger partial charge in [0.15, 0.2) is 0 Å². The third-order valence-electron chi connectivity index (χ3n) is 2.90. The highest BCUT2D eigenvalue weighted by molar-refractivity contribution is 9.13. The predicted octanol–water partition coefficient (Wildman–Crippen LogP) is 6.32. The summed E-state index contributed by atoms with van der Waals surface area (Å²) in [6.45, 7) is 0.402. The van der Waals surface area contributed by atoms with E-state index in [1.807, 2.05) is 18.2 Å². The van der Waals surface area contributed by atoms with Gasteiger partial charge in [-0.25, -0.2) is 0 Å². The van der Waals surface area contributed by atoms with Crippen LogP contribution in [0.4, 0.5) is 5.69 Å². The molecule has 0 aliphatic heterocycles. The van der Waals surface area contributed by atoms with Gasteiger partial charge >= 0.3 is 0 Å². The van der Waals surface area contributed by atoms with E-state index in [1.54, 1.807) is 18.2 Å². The van der Waals surface area contributed by atoms with Crippen molar-refractivity contribution in [3.63, 3.8) is 0 Å². The van der Waals surface area contributed by atoms with E-state index < -0.39 is 0 Å². The topological polar surface area (TPSA) is 38.3 Å². The molecule has 0 aromatic heterocycles. The number of ether oxygens (including phenoxy) is 1. The monoisotopic (exact) mass is 479 g/mol. The summed E-state index contributed by atoms with van der Waals surface area (Å²) in [5.74, 6) is 0.498. The van der Waals surface area contributed by atoms with Gasteiger partial charge in [-0.05, 0) is 74.7 Å². The van der Waals surface area contributed by atoms with Crippen LogP contribution in [0.2, 0.25) is 10.0 Å². The van der Waals surface area contributed by atoms with Crippen LogP contribution in [-0.4, -0.2) is 12.5 Å². The van der Waals surface area contributed by atoms with Crippen molar-refractivity contribution in [2.24, 2.45) is 0 Å². The Morgan fingerprint density at radius 3 is 2.57 bits per heavy atom. The lowest BCUT2D eigenvalue weighted by Gasteiger charge is -2.09. The van der Waals surface area contributed by atoms with Crippen LogP contribution in [0.1, 0.15) is 12.8 Å². The van der Waals surface area contributed by atoms with Gasteiger partial charge < -0.3 is 10.1 Å². The quantitative estimate of drug-likeness (QED) is 0.490. The van der Waals surface area contributed by atoms with Crippen LogP contribution in [0, 0.1) is 0 Å². The molecule has 2 aromatic rings. The lowest BCUT2D eigenvalue weighted by atomic mass is 10.2. The molecule has 2 aromatic carbocycles. The Kier molecular flexibility index (Phi) is 7.21. The minimum atomic E-state index is -0.0648. The van der Waals surface area contributed by atoms with Gasteiger partial charge in [-0.1, -0.05) is 23.2 Å². The molecule has 7 heteroatoms. The van der Waals surface area contributed by atoms with Crippen molar-refractivity contribution in [2.45, 2.75) is 12.8 Å². The van der Waals surface area contributed by atoms with Crippen LogP contribution >= 0.6 is 55.1 Å². The first kappa shape index (κ1) is 18.6. The number of rotatable bonds is 6. The highest BCUT2D eigenvalue weighted by Gasteiger charge is 2.06. The minimum absolute atomic E-state index is 0.0648. The molecule has 0 saturated heterocycles. The van der Waals surface area contributed by atoms with Crippen LogP contribution in [0.5, 0.6) is 5.75 Å². The summed E-state index contributed by atoms with van der Waals surface area (Å²) >= 11 is 18.6. The Labute approximate surface area is 161 Å². The van der Waals surface area contributed by atoms with Gasteiger partial charge in [-0.2, -0.15) is 0 Å². The molecular formula is C16H13Br2Cl2NO2. The van der Waals surface area contributed by atoms with Gasteiger partial charge in [0.05, 0.1) is 11.6 Å². The van der Waals surface area contributed by atoms with Gasteiger partial charge in [-0.15, -0.1) is 0 Å². The normalized spacial score (nSPS) is 10.4. The second-order valence-corrected chi connectivity index (χ2v) is 7.26. The summed E-state index contributed by atoms with van der Waals surface area (Å²) in [5.41, 5.74) is 0.742. The third-order valence-corrected chi connectivity index (χ3v) is 5.31. The predicted molar refractivity (Wildman–Crippen MR) is 102 cm³/mol. The van der Waals surface area contributed by atoms with E-state index in [0.717, 1.165) is 14.6 Å². The van der Waals surface area contributed by atoms with Crippen LogP contribution < -0.4 is 10.1 Å². The van der Waals surface area contributed by atoms with Crippen molar-refractivity contribution in [2.75, 3.05) is 11.9 Å². The van der Waals surface area contributed by atoms with E-state index in [1.165, 1.54) is 0 Å². The van der Waals surface area contributed by atoms with Crippen molar-refractivity contribution in [3.8, 4) is 5.75 Å². The van der Waals surface area contributed by atoms with Crippen molar-refractivity contribution in [1.29, 1.82) is 0 Å². The fourth-order valence-electron chi connectivity index (χ4n) is 1.80. The molecule has 0 aliphatic carbocycles. The molecule has 0 aliphatic rings. The molecule has 0 unspecified atom stereocenters. The smallest absolute Gasteiger partial charge is 0.224 e. The van der Waals surface area contributed by atoms with E-state index in [0.29, 0.717) is 35.2 Å². The molecule has 0 atom stereocenters. The molecule has 1 amide bonds. The SMILES string of the molecule is O=C(CCCOc1ccc(Cl)cc1Cl)Nc1ccc(Br)c(Br)c1. The molecule has 1 N–H and O–H groups in total. The standard InChI is InChI=1S/C16H13Br2Cl2NO2/c17-12-5-4-11(9-13(12)18)21-16(22)2-1-7-23-15-6-3-10(19)8-14(15)20/h3-6,8-9H,1-2,7H2,(H,21,22). The van der Waals surface area contributed by atoms with Crippen LogP contribution in [-0.2, 0) is 4.79 Å². The summed E-state index contributed by atoms with van der Waals surface area (Å²) in [4.78, 5) is 11.9. The molecule has 0 fully saturated rings. The average Bonchev–Trinajstić information content (AvgIpc) is 2.49. The molecule has 23 heavy (non-hydrogen) atoms. The molecule has 0 saturated carbocycles. The molecule has 2 rings (SSSR count). The highest BCUT2D eigenvalue weighted by atomic mass is 79.9. The molecule has 122 valence electrons. The maximum absolute atomic E-state index is 11.9. The zero-order valence-corrected chi connectivity index (χ0v) is 16.6. The number of amides is 1. The first-order chi connectivity index (χ1) is 11.0. The summed E-state index contributed by atoms with van der Waals surface area (Å²) < 4.78 is 7.36. The van der Waals surface area contributed by atoms with Crippen LogP contribution in [0.3, 0.4) is 0 Å². The summed E-state index contributed by atoms with van der Waals surface area (Å²) in [6.07, 6.45) is 0.946. The Morgan fingerprint density at radius 1 is 1.09 bits per heavy atom. The summed E-state index contributed by atoms with van der Waals surface area (Å²) in [5, 5.41) is 3.86. The van der Waals surface area contributed by atoms with Crippen LogP contribution in [0.25, 0.3) is 0 Å². The average molecular weight is 482 g/mol. The molecule has 3 nitrogen and oxygen atoms in total. The van der Waals surface area contributed by atoms with Crippen molar-refractivity contribution < 1.29 is 9.53 Å². The second-order valence-electron chi connectivity index (χ2n) is 4.70. The number of hydrogen-bond donors (Lipinski definition) is 1. The van der Waals surface area contributed by atoms with Crippen molar-refractivity contribution in [1.82, 2.24) is 0 Å². The Morgan fingerprint density at radius 2 is 1.87 bits per heavy atom. The molecule has 0 radical (unpaired) electrons. The second kappa shape index (κ2) is 8.92. The molecule has 0 heterocycles. The highest BCUT2D eigenvalue weighted by Crippen LogP contribution is 2.28. The van der Waals surface area contributed by atoms with E-state index in [-0.39, 0.29) is 5.91 Å². The Bertz CT molecular complexity index is 710. The van der Waals surface area contributed by atoms with Gasteiger partial charge in [-0.3, -0.25) is 4.79 Å². The lowest BCUT2D eigenvalue weighted by molar-refractivity contribution is -0.116. The number of anilines is 1. The number of carbonyl (C=O) groups is 1. The van der Waals surface area contributed by atoms with Crippen molar-refractivity contribution >= 4 is 66.7 Å². The maximum atomic E-state index is 11.9. The van der Waals surface area contributed by atoms with E-state index >= 15 is 0 Å².